The maximum Gasteiger partial charge on any atom is 0.514 e. The van der Waals surface area contributed by atoms with E-state index in [9.17, 15) is 4.79 Å². The molecule has 2 rings (SSSR count). The molecule has 4 heteroatoms. The molecule has 1 aliphatic carbocycles. The number of alkyl carbamates (subject to hydrolysis) is 2. The van der Waals surface area contributed by atoms with Gasteiger partial charge in [0.1, 0.15) is 5.60 Å². The maximum atomic E-state index is 12.0. The highest BCUT2D eigenvalue weighted by molar-refractivity contribution is 5.57. The third kappa shape index (κ3) is 3.04. The molecular weight excluding hydrogens is 230 g/mol. The van der Waals surface area contributed by atoms with Gasteiger partial charge in [0.05, 0.1) is 13.1 Å². The summed E-state index contributed by atoms with van der Waals surface area (Å²) in [6.07, 6.45) is 4.38. The Morgan fingerprint density at radius 1 is 1.33 bits per heavy atom. The Kier molecular flexibility index (Phi) is 3.70. The Morgan fingerprint density at radius 3 is 2.33 bits per heavy atom. The van der Waals surface area contributed by atoms with Crippen LogP contribution in [0.25, 0.3) is 0 Å². The third-order valence-electron chi connectivity index (χ3n) is 4.30. The highest BCUT2D eigenvalue weighted by Gasteiger charge is 2.48. The van der Waals surface area contributed by atoms with Gasteiger partial charge >= 0.3 is 6.09 Å². The van der Waals surface area contributed by atoms with E-state index < -0.39 is 5.60 Å². The number of carbonyl (C=O) groups is 1. The maximum absolute atomic E-state index is 12.0. The number of likely N-dealkylation sites (tertiary alicyclic amines) is 1. The van der Waals surface area contributed by atoms with Gasteiger partial charge in [-0.1, -0.05) is 0 Å². The molecule has 18 heavy (non-hydrogen) atoms. The highest BCUT2D eigenvalue weighted by atomic mass is 16.6. The van der Waals surface area contributed by atoms with Gasteiger partial charge in [-0.05, 0) is 44.9 Å². The number of hydrogen-bond donors (Lipinski definition) is 2. The van der Waals surface area contributed by atoms with E-state index >= 15 is 0 Å². The minimum Gasteiger partial charge on any atom is -0.414 e. The third-order valence-corrected chi connectivity index (χ3v) is 4.30. The zero-order chi connectivity index (χ0) is 13.4. The summed E-state index contributed by atoms with van der Waals surface area (Å²) in [6, 6.07) is 0. The zero-order valence-corrected chi connectivity index (χ0v) is 11.8. The summed E-state index contributed by atoms with van der Waals surface area (Å²) in [4.78, 5) is 12.9. The number of amides is 1. The lowest BCUT2D eigenvalue weighted by atomic mass is 9.58. The Bertz CT molecular complexity index is 305. The van der Waals surface area contributed by atoms with Crippen LogP contribution >= 0.6 is 0 Å². The fourth-order valence-electron chi connectivity index (χ4n) is 3.34. The lowest BCUT2D eigenvalue weighted by molar-refractivity contribution is -0.834. The molecule has 0 radical (unpaired) electrons. The Balaban J connectivity index is 1.79. The van der Waals surface area contributed by atoms with Crippen LogP contribution in [0.2, 0.25) is 0 Å². The van der Waals surface area contributed by atoms with Crippen LogP contribution in [0, 0.1) is 11.3 Å². The minimum absolute atomic E-state index is 0.101. The first kappa shape index (κ1) is 13.8. The van der Waals surface area contributed by atoms with E-state index in [1.807, 2.05) is 20.8 Å². The molecule has 1 amide bonds. The molecule has 4 nitrogen and oxygen atoms in total. The fraction of sp³-hybridized carbons (Fsp3) is 0.929. The quantitative estimate of drug-likeness (QED) is 0.735. The standard InChI is InChI=1S/C14H25NO3/c1-13(2,3)18-12(17)15-6-4-14(5-7-15)8-11(9-14)10-16/h11,16H,4-10H2,1-3H3/p+1. The first-order valence-electron chi connectivity index (χ1n) is 7.02. The van der Waals surface area contributed by atoms with Crippen molar-refractivity contribution in [3.8, 4) is 0 Å². The first-order valence-corrected chi connectivity index (χ1v) is 7.02. The van der Waals surface area contributed by atoms with Crippen molar-refractivity contribution < 1.29 is 19.5 Å². The summed E-state index contributed by atoms with van der Waals surface area (Å²) in [6.45, 7) is 7.82. The Morgan fingerprint density at radius 2 is 1.89 bits per heavy atom. The second-order valence-electron chi connectivity index (χ2n) is 7.06. The van der Waals surface area contributed by atoms with Gasteiger partial charge in [-0.15, -0.1) is 0 Å². The molecule has 0 aromatic rings. The lowest BCUT2D eigenvalue weighted by Crippen LogP contribution is -3.16. The van der Waals surface area contributed by atoms with E-state index in [-0.39, 0.29) is 6.09 Å². The second kappa shape index (κ2) is 4.82. The van der Waals surface area contributed by atoms with E-state index in [1.54, 1.807) is 0 Å². The van der Waals surface area contributed by atoms with Crippen LogP contribution in [0.5, 0.6) is 0 Å². The summed E-state index contributed by atoms with van der Waals surface area (Å²) in [7, 11) is 0. The van der Waals surface area contributed by atoms with Crippen LogP contribution < -0.4 is 4.90 Å². The van der Waals surface area contributed by atoms with Crippen molar-refractivity contribution in [1.82, 2.24) is 0 Å². The topological polar surface area (TPSA) is 51.0 Å². The van der Waals surface area contributed by atoms with Gasteiger partial charge in [0.2, 0.25) is 0 Å². The van der Waals surface area contributed by atoms with E-state index in [0.717, 1.165) is 43.7 Å². The molecule has 1 saturated heterocycles. The largest absolute Gasteiger partial charge is 0.514 e. The van der Waals surface area contributed by atoms with Crippen LogP contribution in [0.3, 0.4) is 0 Å². The van der Waals surface area contributed by atoms with Crippen LogP contribution in [0.15, 0.2) is 0 Å². The van der Waals surface area contributed by atoms with E-state index in [4.69, 9.17) is 9.84 Å². The Labute approximate surface area is 109 Å². The molecule has 2 N–H and O–H groups in total. The van der Waals surface area contributed by atoms with Crippen molar-refractivity contribution in [1.29, 1.82) is 0 Å². The lowest BCUT2D eigenvalue weighted by Gasteiger charge is -2.50. The van der Waals surface area contributed by atoms with Crippen molar-refractivity contribution in [2.45, 2.75) is 52.1 Å². The zero-order valence-electron chi connectivity index (χ0n) is 11.8. The summed E-state index contributed by atoms with van der Waals surface area (Å²) in [5, 5.41) is 9.09. The summed E-state index contributed by atoms with van der Waals surface area (Å²) in [5.41, 5.74) is 0.0383. The van der Waals surface area contributed by atoms with Gasteiger partial charge < -0.3 is 9.84 Å². The normalized spacial score (nSPS) is 36.2. The highest BCUT2D eigenvalue weighted by Crippen LogP contribution is 2.50. The minimum atomic E-state index is -0.391. The molecular formula is C14H26NO3+. The molecule has 0 unspecified atom stereocenters. The number of nitrogens with one attached hydrogen (secondary N) is 1. The average Bonchev–Trinajstić information content (AvgIpc) is 2.23. The second-order valence-corrected chi connectivity index (χ2v) is 7.06. The van der Waals surface area contributed by atoms with Crippen molar-refractivity contribution >= 4 is 6.09 Å². The number of carbonyl (C=O) groups excluding carboxylic acids is 1. The number of rotatable bonds is 1. The molecule has 0 aromatic carbocycles. The molecule has 0 atom stereocenters. The molecule has 1 aliphatic heterocycles. The van der Waals surface area contributed by atoms with Gasteiger partial charge in [0, 0.05) is 19.4 Å². The van der Waals surface area contributed by atoms with E-state index in [0.29, 0.717) is 17.9 Å². The van der Waals surface area contributed by atoms with Gasteiger partial charge in [-0.2, -0.15) is 4.79 Å². The van der Waals surface area contributed by atoms with Gasteiger partial charge in [0.15, 0.2) is 0 Å². The van der Waals surface area contributed by atoms with E-state index in [2.05, 4.69) is 0 Å². The van der Waals surface area contributed by atoms with Crippen molar-refractivity contribution in [3.63, 3.8) is 0 Å². The van der Waals surface area contributed by atoms with Crippen molar-refractivity contribution in [2.24, 2.45) is 11.3 Å². The summed E-state index contributed by atoms with van der Waals surface area (Å²) in [5.74, 6) is 0.507. The van der Waals surface area contributed by atoms with Gasteiger partial charge in [0.25, 0.3) is 0 Å². The smallest absolute Gasteiger partial charge is 0.414 e. The molecule has 2 aliphatic rings. The van der Waals surface area contributed by atoms with E-state index in [1.165, 1.54) is 0 Å². The van der Waals surface area contributed by atoms with Crippen LogP contribution in [0.1, 0.15) is 46.5 Å². The number of quaternary nitrogens is 1. The van der Waals surface area contributed by atoms with Gasteiger partial charge in [-0.25, -0.2) is 4.90 Å². The summed E-state index contributed by atoms with van der Waals surface area (Å²) < 4.78 is 5.42. The van der Waals surface area contributed by atoms with Crippen molar-refractivity contribution in [2.75, 3.05) is 19.7 Å². The number of ether oxygens (including phenoxy) is 1. The first-order chi connectivity index (χ1) is 8.34. The molecule has 1 spiro atoms. The molecule has 0 bridgehead atoms. The van der Waals surface area contributed by atoms with Gasteiger partial charge in [-0.3, -0.25) is 0 Å². The monoisotopic (exact) mass is 256 g/mol. The predicted octanol–water partition coefficient (Wildman–Crippen LogP) is 0.989. The number of aliphatic hydroxyl groups excluding tert-OH is 1. The van der Waals surface area contributed by atoms with Crippen LogP contribution in [0.4, 0.5) is 4.79 Å². The fourth-order valence-corrected chi connectivity index (χ4v) is 3.34. The molecule has 2 fully saturated rings. The van der Waals surface area contributed by atoms with Crippen LogP contribution in [-0.2, 0) is 4.74 Å². The molecule has 104 valence electrons. The number of aliphatic hydroxyl groups is 1. The molecule has 1 heterocycles. The predicted molar refractivity (Wildman–Crippen MR) is 68.4 cm³/mol. The average molecular weight is 256 g/mol. The Hall–Kier alpha value is -0.610. The molecule has 1 saturated carbocycles. The number of piperidine rings is 1. The SMILES string of the molecule is CC(C)(C)OC(=O)[NH+]1CCC2(CC1)CC(CO)C2. The van der Waals surface area contributed by atoms with Crippen LogP contribution in [-0.4, -0.2) is 36.5 Å². The molecule has 0 aromatic heterocycles. The van der Waals surface area contributed by atoms with Crippen molar-refractivity contribution in [3.05, 3.63) is 0 Å². The summed E-state index contributed by atoms with van der Waals surface area (Å²) >= 11 is 0. The number of hydrogen-bond acceptors (Lipinski definition) is 3.